The molecule has 0 aromatic heterocycles. The maximum absolute atomic E-state index is 12.1. The molecule has 1 aliphatic heterocycles. The third-order valence-electron chi connectivity index (χ3n) is 4.22. The number of esters is 1. The molecule has 1 aromatic carbocycles. The van der Waals surface area contributed by atoms with Crippen molar-refractivity contribution in [1.82, 2.24) is 0 Å². The first-order chi connectivity index (χ1) is 10.6. The van der Waals surface area contributed by atoms with Gasteiger partial charge in [-0.3, -0.25) is 4.79 Å². The van der Waals surface area contributed by atoms with Gasteiger partial charge < -0.3 is 14.8 Å². The summed E-state index contributed by atoms with van der Waals surface area (Å²) in [5.41, 5.74) is 3.41. The van der Waals surface area contributed by atoms with Crippen molar-refractivity contribution in [3.8, 4) is 0 Å². The van der Waals surface area contributed by atoms with Crippen LogP contribution in [0.25, 0.3) is 0 Å². The predicted molar refractivity (Wildman–Crippen MR) is 81.6 cm³/mol. The largest absolute Gasteiger partial charge is 0.451 e. The van der Waals surface area contributed by atoms with Gasteiger partial charge in [-0.25, -0.2) is 4.79 Å². The van der Waals surface area contributed by atoms with Crippen LogP contribution in [0, 0.1) is 0 Å². The normalized spacial score (nSPS) is 21.2. The van der Waals surface area contributed by atoms with E-state index in [0.717, 1.165) is 24.9 Å². The zero-order valence-electron chi connectivity index (χ0n) is 12.8. The molecule has 0 spiro atoms. The molecule has 0 saturated carbocycles. The lowest BCUT2D eigenvalue weighted by atomic mass is 10.1. The van der Waals surface area contributed by atoms with Gasteiger partial charge in [-0.2, -0.15) is 0 Å². The fourth-order valence-electron chi connectivity index (χ4n) is 2.96. The summed E-state index contributed by atoms with van der Waals surface area (Å²) in [6, 6.07) is 5.96. The molecule has 1 heterocycles. The molecule has 1 aromatic rings. The van der Waals surface area contributed by atoms with E-state index in [2.05, 4.69) is 11.4 Å². The second-order valence-electron chi connectivity index (χ2n) is 5.91. The Labute approximate surface area is 130 Å². The Morgan fingerprint density at radius 1 is 1.27 bits per heavy atom. The van der Waals surface area contributed by atoms with Crippen molar-refractivity contribution in [3.63, 3.8) is 0 Å². The summed E-state index contributed by atoms with van der Waals surface area (Å²) in [5.74, 6) is -0.765. The van der Waals surface area contributed by atoms with E-state index in [4.69, 9.17) is 9.47 Å². The van der Waals surface area contributed by atoms with Crippen molar-refractivity contribution in [1.29, 1.82) is 0 Å². The third-order valence-corrected chi connectivity index (χ3v) is 4.22. The molecule has 0 unspecified atom stereocenters. The standard InChI is InChI=1S/C17H21NO4/c1-11(22-17(20)15-6-3-9-21-15)16(19)18-14-8-7-12-4-2-5-13(12)10-14/h7-8,10-11,15H,2-6,9H2,1H3,(H,18,19)/t11-,15-/m0/s1. The van der Waals surface area contributed by atoms with Gasteiger partial charge >= 0.3 is 5.97 Å². The number of carbonyl (C=O) groups is 2. The number of nitrogens with one attached hydrogen (secondary N) is 1. The maximum Gasteiger partial charge on any atom is 0.336 e. The Bertz CT molecular complexity index is 578. The van der Waals surface area contributed by atoms with Gasteiger partial charge in [0.1, 0.15) is 0 Å². The van der Waals surface area contributed by atoms with Crippen molar-refractivity contribution < 1.29 is 19.1 Å². The summed E-state index contributed by atoms with van der Waals surface area (Å²) in [5, 5.41) is 2.81. The zero-order chi connectivity index (χ0) is 15.5. The van der Waals surface area contributed by atoms with Crippen LogP contribution in [-0.4, -0.2) is 30.7 Å². The average Bonchev–Trinajstić information content (AvgIpc) is 3.18. The fraction of sp³-hybridized carbons (Fsp3) is 0.529. The Kier molecular flexibility index (Phi) is 4.43. The highest BCUT2D eigenvalue weighted by Crippen LogP contribution is 2.25. The summed E-state index contributed by atoms with van der Waals surface area (Å²) in [6.45, 7) is 2.16. The number of amides is 1. The first kappa shape index (κ1) is 15.0. The Hall–Kier alpha value is -1.88. The van der Waals surface area contributed by atoms with E-state index < -0.39 is 18.2 Å². The van der Waals surface area contributed by atoms with Crippen LogP contribution in [0.15, 0.2) is 18.2 Å². The second-order valence-corrected chi connectivity index (χ2v) is 5.91. The van der Waals surface area contributed by atoms with Gasteiger partial charge in [-0.05, 0) is 62.3 Å². The Balaban J connectivity index is 1.55. The van der Waals surface area contributed by atoms with Crippen LogP contribution in [0.3, 0.4) is 0 Å². The van der Waals surface area contributed by atoms with Crippen LogP contribution in [0.5, 0.6) is 0 Å². The molecule has 118 valence electrons. The first-order valence-electron chi connectivity index (χ1n) is 7.88. The van der Waals surface area contributed by atoms with E-state index in [0.29, 0.717) is 13.0 Å². The molecule has 3 rings (SSSR count). The zero-order valence-corrected chi connectivity index (χ0v) is 12.8. The van der Waals surface area contributed by atoms with Gasteiger partial charge in [0.25, 0.3) is 5.91 Å². The number of hydrogen-bond donors (Lipinski definition) is 1. The van der Waals surface area contributed by atoms with Gasteiger partial charge in [0, 0.05) is 12.3 Å². The second kappa shape index (κ2) is 6.48. The van der Waals surface area contributed by atoms with Crippen LogP contribution in [-0.2, 0) is 31.9 Å². The van der Waals surface area contributed by atoms with Crippen LogP contribution < -0.4 is 5.32 Å². The monoisotopic (exact) mass is 303 g/mol. The molecule has 5 nitrogen and oxygen atoms in total. The molecular weight excluding hydrogens is 282 g/mol. The molecule has 0 radical (unpaired) electrons. The molecular formula is C17H21NO4. The van der Waals surface area contributed by atoms with Crippen LogP contribution in [0.4, 0.5) is 5.69 Å². The highest BCUT2D eigenvalue weighted by Gasteiger charge is 2.28. The van der Waals surface area contributed by atoms with Crippen molar-refractivity contribution in [2.75, 3.05) is 11.9 Å². The minimum absolute atomic E-state index is 0.315. The first-order valence-corrected chi connectivity index (χ1v) is 7.88. The number of anilines is 1. The molecule has 1 N–H and O–H groups in total. The molecule has 5 heteroatoms. The SMILES string of the molecule is C[C@H](OC(=O)[C@@H]1CCCO1)C(=O)Nc1ccc2c(c1)CCC2. The smallest absolute Gasteiger partial charge is 0.336 e. The average molecular weight is 303 g/mol. The number of hydrogen-bond acceptors (Lipinski definition) is 4. The molecule has 1 amide bonds. The van der Waals surface area contributed by atoms with Crippen molar-refractivity contribution in [2.45, 2.75) is 51.2 Å². The molecule has 2 aliphatic rings. The number of ether oxygens (including phenoxy) is 2. The molecule has 22 heavy (non-hydrogen) atoms. The molecule has 0 bridgehead atoms. The van der Waals surface area contributed by atoms with Crippen molar-refractivity contribution in [2.24, 2.45) is 0 Å². The van der Waals surface area contributed by atoms with Gasteiger partial charge in [0.05, 0.1) is 0 Å². The Morgan fingerprint density at radius 3 is 2.86 bits per heavy atom. The minimum atomic E-state index is -0.829. The summed E-state index contributed by atoms with van der Waals surface area (Å²) < 4.78 is 10.4. The molecule has 1 saturated heterocycles. The quantitative estimate of drug-likeness (QED) is 0.866. The van der Waals surface area contributed by atoms with E-state index in [1.54, 1.807) is 6.92 Å². The van der Waals surface area contributed by atoms with Crippen LogP contribution in [0.1, 0.15) is 37.3 Å². The van der Waals surface area contributed by atoms with Gasteiger partial charge in [0.15, 0.2) is 12.2 Å². The van der Waals surface area contributed by atoms with Gasteiger partial charge in [0.2, 0.25) is 0 Å². The van der Waals surface area contributed by atoms with E-state index >= 15 is 0 Å². The number of fused-ring (bicyclic) bond motifs is 1. The predicted octanol–water partition coefficient (Wildman–Crippen LogP) is 2.22. The lowest BCUT2D eigenvalue weighted by Gasteiger charge is -2.16. The van der Waals surface area contributed by atoms with Crippen molar-refractivity contribution in [3.05, 3.63) is 29.3 Å². The lowest BCUT2D eigenvalue weighted by molar-refractivity contribution is -0.162. The number of rotatable bonds is 4. The van der Waals surface area contributed by atoms with Gasteiger partial charge in [-0.15, -0.1) is 0 Å². The van der Waals surface area contributed by atoms with E-state index in [-0.39, 0.29) is 5.91 Å². The minimum Gasteiger partial charge on any atom is -0.451 e. The molecule has 2 atom stereocenters. The van der Waals surface area contributed by atoms with Crippen molar-refractivity contribution >= 4 is 17.6 Å². The van der Waals surface area contributed by atoms with Crippen LogP contribution in [0.2, 0.25) is 0 Å². The number of carbonyl (C=O) groups excluding carboxylic acids is 2. The van der Waals surface area contributed by atoms with Gasteiger partial charge in [-0.1, -0.05) is 6.07 Å². The molecule has 1 fully saturated rings. The van der Waals surface area contributed by atoms with E-state index in [1.807, 2.05) is 12.1 Å². The maximum atomic E-state index is 12.1. The topological polar surface area (TPSA) is 64.6 Å². The van der Waals surface area contributed by atoms with E-state index in [1.165, 1.54) is 17.5 Å². The summed E-state index contributed by atoms with van der Waals surface area (Å²) in [4.78, 5) is 24.0. The highest BCUT2D eigenvalue weighted by molar-refractivity contribution is 5.95. The third kappa shape index (κ3) is 3.30. The summed E-state index contributed by atoms with van der Waals surface area (Å²) in [7, 11) is 0. The van der Waals surface area contributed by atoms with E-state index in [9.17, 15) is 9.59 Å². The highest BCUT2D eigenvalue weighted by atomic mass is 16.6. The number of benzene rings is 1. The lowest BCUT2D eigenvalue weighted by Crippen LogP contribution is -2.34. The summed E-state index contributed by atoms with van der Waals surface area (Å²) >= 11 is 0. The fourth-order valence-corrected chi connectivity index (χ4v) is 2.96. The van der Waals surface area contributed by atoms with Crippen LogP contribution >= 0.6 is 0 Å². The summed E-state index contributed by atoms with van der Waals surface area (Å²) in [6.07, 6.45) is 3.51. The molecule has 1 aliphatic carbocycles. The number of aryl methyl sites for hydroxylation is 2. The Morgan fingerprint density at radius 2 is 2.09 bits per heavy atom.